The highest BCUT2D eigenvalue weighted by atomic mass is 16.6. The highest BCUT2D eigenvalue weighted by Gasteiger charge is 2.03. The van der Waals surface area contributed by atoms with Gasteiger partial charge in [0.2, 0.25) is 0 Å². The Morgan fingerprint density at radius 1 is 1.50 bits per heavy atom. The number of hydrogen-bond acceptors (Lipinski definition) is 4. The van der Waals surface area contributed by atoms with Crippen molar-refractivity contribution < 1.29 is 9.57 Å². The first kappa shape index (κ1) is 8.37. The van der Waals surface area contributed by atoms with E-state index in [0.29, 0.717) is 17.1 Å². The first-order valence-corrected chi connectivity index (χ1v) is 3.26. The SMILES string of the molecule is COc1ccc(C#N)c(ON)c1. The zero-order valence-electron chi connectivity index (χ0n) is 6.57. The van der Waals surface area contributed by atoms with E-state index in [9.17, 15) is 0 Å². The minimum absolute atomic E-state index is 0.317. The Balaban J connectivity index is 3.13. The van der Waals surface area contributed by atoms with E-state index in [1.807, 2.05) is 6.07 Å². The van der Waals surface area contributed by atoms with E-state index in [2.05, 4.69) is 4.84 Å². The third-order valence-electron chi connectivity index (χ3n) is 1.44. The monoisotopic (exact) mass is 164 g/mol. The molecule has 62 valence electrons. The van der Waals surface area contributed by atoms with Crippen molar-refractivity contribution in [3.8, 4) is 17.6 Å². The van der Waals surface area contributed by atoms with Crippen LogP contribution in [-0.2, 0) is 0 Å². The van der Waals surface area contributed by atoms with E-state index >= 15 is 0 Å². The van der Waals surface area contributed by atoms with Crippen molar-refractivity contribution in [1.29, 1.82) is 5.26 Å². The van der Waals surface area contributed by atoms with E-state index in [-0.39, 0.29) is 0 Å². The molecule has 1 rings (SSSR count). The smallest absolute Gasteiger partial charge is 0.168 e. The molecule has 0 amide bonds. The molecule has 0 aromatic heterocycles. The van der Waals surface area contributed by atoms with Crippen molar-refractivity contribution in [2.75, 3.05) is 7.11 Å². The van der Waals surface area contributed by atoms with Crippen molar-refractivity contribution in [2.45, 2.75) is 0 Å². The van der Waals surface area contributed by atoms with E-state index in [4.69, 9.17) is 15.9 Å². The topological polar surface area (TPSA) is 68.3 Å². The van der Waals surface area contributed by atoms with Gasteiger partial charge in [-0.05, 0) is 12.1 Å². The lowest BCUT2D eigenvalue weighted by Gasteiger charge is -2.03. The van der Waals surface area contributed by atoms with Gasteiger partial charge in [0, 0.05) is 6.07 Å². The van der Waals surface area contributed by atoms with Crippen LogP contribution in [0.3, 0.4) is 0 Å². The molecule has 0 aliphatic rings. The average Bonchev–Trinajstić information content (AvgIpc) is 2.16. The lowest BCUT2D eigenvalue weighted by atomic mass is 10.2. The van der Waals surface area contributed by atoms with E-state index < -0.39 is 0 Å². The molecule has 0 unspecified atom stereocenters. The van der Waals surface area contributed by atoms with Crippen LogP contribution < -0.4 is 15.5 Å². The second kappa shape index (κ2) is 3.60. The molecule has 0 saturated heterocycles. The van der Waals surface area contributed by atoms with Crippen LogP contribution in [0.2, 0.25) is 0 Å². The zero-order valence-corrected chi connectivity index (χ0v) is 6.57. The molecule has 0 aliphatic heterocycles. The van der Waals surface area contributed by atoms with Gasteiger partial charge in [0.15, 0.2) is 5.75 Å². The van der Waals surface area contributed by atoms with Crippen LogP contribution in [0.1, 0.15) is 5.56 Å². The predicted molar refractivity (Wildman–Crippen MR) is 42.5 cm³/mol. The Hall–Kier alpha value is -1.73. The lowest BCUT2D eigenvalue weighted by molar-refractivity contribution is 0.329. The number of methoxy groups -OCH3 is 1. The van der Waals surface area contributed by atoms with Crippen molar-refractivity contribution in [3.63, 3.8) is 0 Å². The summed E-state index contributed by atoms with van der Waals surface area (Å²) >= 11 is 0. The highest BCUT2D eigenvalue weighted by molar-refractivity contribution is 5.47. The van der Waals surface area contributed by atoms with Crippen molar-refractivity contribution >= 4 is 0 Å². The van der Waals surface area contributed by atoms with Crippen molar-refractivity contribution in [3.05, 3.63) is 23.8 Å². The average molecular weight is 164 g/mol. The molecule has 0 atom stereocenters. The van der Waals surface area contributed by atoms with E-state index in [1.54, 1.807) is 18.2 Å². The van der Waals surface area contributed by atoms with Gasteiger partial charge in [-0.25, -0.2) is 0 Å². The maximum absolute atomic E-state index is 8.59. The summed E-state index contributed by atoms with van der Waals surface area (Å²) in [6.07, 6.45) is 0. The van der Waals surface area contributed by atoms with Crippen LogP contribution in [0.15, 0.2) is 18.2 Å². The largest absolute Gasteiger partial charge is 0.497 e. The standard InChI is InChI=1S/C8H8N2O2/c1-11-7-3-2-6(5-9)8(4-7)12-10/h2-4H,10H2,1H3. The fraction of sp³-hybridized carbons (Fsp3) is 0.125. The van der Waals surface area contributed by atoms with Gasteiger partial charge in [0.05, 0.1) is 12.7 Å². The molecule has 1 aromatic rings. The van der Waals surface area contributed by atoms with Crippen LogP contribution >= 0.6 is 0 Å². The zero-order chi connectivity index (χ0) is 8.97. The molecule has 0 radical (unpaired) electrons. The minimum atomic E-state index is 0.317. The molecule has 12 heavy (non-hydrogen) atoms. The molecular weight excluding hydrogens is 156 g/mol. The summed E-state index contributed by atoms with van der Waals surface area (Å²) in [5.74, 6) is 5.87. The lowest BCUT2D eigenvalue weighted by Crippen LogP contribution is -2.03. The maximum Gasteiger partial charge on any atom is 0.168 e. The molecule has 0 bridgehead atoms. The number of rotatable bonds is 2. The van der Waals surface area contributed by atoms with Crippen LogP contribution in [0.5, 0.6) is 11.5 Å². The summed E-state index contributed by atoms with van der Waals surface area (Å²) in [5, 5.41) is 8.59. The van der Waals surface area contributed by atoms with E-state index in [0.717, 1.165) is 0 Å². The first-order valence-electron chi connectivity index (χ1n) is 3.26. The Kier molecular flexibility index (Phi) is 2.51. The number of nitrogens with two attached hydrogens (primary N) is 1. The summed E-state index contributed by atoms with van der Waals surface area (Å²) in [6, 6.07) is 6.74. The molecule has 2 N–H and O–H groups in total. The summed E-state index contributed by atoms with van der Waals surface area (Å²) in [6.45, 7) is 0. The fourth-order valence-corrected chi connectivity index (χ4v) is 0.820. The Labute approximate surface area is 70.1 Å². The predicted octanol–water partition coefficient (Wildman–Crippen LogP) is 0.819. The van der Waals surface area contributed by atoms with Gasteiger partial charge in [-0.1, -0.05) is 0 Å². The van der Waals surface area contributed by atoms with Crippen LogP contribution in [0.4, 0.5) is 0 Å². The molecular formula is C8H8N2O2. The third kappa shape index (κ3) is 1.47. The summed E-state index contributed by atoms with van der Waals surface area (Å²) in [4.78, 5) is 4.48. The Bertz CT molecular complexity index is 317. The van der Waals surface area contributed by atoms with Gasteiger partial charge < -0.3 is 9.57 Å². The van der Waals surface area contributed by atoms with Gasteiger partial charge in [-0.2, -0.15) is 11.2 Å². The molecule has 0 aliphatic carbocycles. The number of nitriles is 1. The molecule has 0 heterocycles. The number of hydrogen-bond donors (Lipinski definition) is 1. The summed E-state index contributed by atoms with van der Waals surface area (Å²) in [7, 11) is 1.53. The second-order valence-electron chi connectivity index (χ2n) is 2.09. The van der Waals surface area contributed by atoms with Crippen LogP contribution in [0, 0.1) is 11.3 Å². The maximum atomic E-state index is 8.59. The molecule has 0 spiro atoms. The van der Waals surface area contributed by atoms with Gasteiger partial charge in [-0.15, -0.1) is 0 Å². The third-order valence-corrected chi connectivity index (χ3v) is 1.44. The van der Waals surface area contributed by atoms with Crippen molar-refractivity contribution in [1.82, 2.24) is 0 Å². The first-order chi connectivity index (χ1) is 5.81. The highest BCUT2D eigenvalue weighted by Crippen LogP contribution is 2.22. The second-order valence-corrected chi connectivity index (χ2v) is 2.09. The number of ether oxygens (including phenoxy) is 1. The van der Waals surface area contributed by atoms with Crippen LogP contribution in [-0.4, -0.2) is 7.11 Å². The Morgan fingerprint density at radius 3 is 2.75 bits per heavy atom. The van der Waals surface area contributed by atoms with Gasteiger partial charge >= 0.3 is 0 Å². The van der Waals surface area contributed by atoms with Gasteiger partial charge in [-0.3, -0.25) is 0 Å². The summed E-state index contributed by atoms with van der Waals surface area (Å²) < 4.78 is 4.91. The molecule has 0 saturated carbocycles. The number of nitrogens with zero attached hydrogens (tertiary/aromatic N) is 1. The molecule has 4 nitrogen and oxygen atoms in total. The van der Waals surface area contributed by atoms with Crippen molar-refractivity contribution in [2.24, 2.45) is 5.90 Å². The molecule has 0 fully saturated rings. The minimum Gasteiger partial charge on any atom is -0.497 e. The summed E-state index contributed by atoms with van der Waals surface area (Å²) in [5.41, 5.74) is 0.387. The molecule has 4 heteroatoms. The van der Waals surface area contributed by atoms with Gasteiger partial charge in [0.25, 0.3) is 0 Å². The van der Waals surface area contributed by atoms with Gasteiger partial charge in [0.1, 0.15) is 11.8 Å². The normalized spacial score (nSPS) is 8.75. The number of benzene rings is 1. The van der Waals surface area contributed by atoms with Crippen LogP contribution in [0.25, 0.3) is 0 Å². The quantitative estimate of drug-likeness (QED) is 0.657. The Morgan fingerprint density at radius 2 is 2.25 bits per heavy atom. The fourth-order valence-electron chi connectivity index (χ4n) is 0.820. The van der Waals surface area contributed by atoms with E-state index in [1.165, 1.54) is 7.11 Å². The molecule has 1 aromatic carbocycles.